The van der Waals surface area contributed by atoms with Crippen LogP contribution in [0, 0.1) is 19.3 Å². The maximum atomic E-state index is 5.45. The van der Waals surface area contributed by atoms with Crippen molar-refractivity contribution in [1.82, 2.24) is 9.97 Å². The van der Waals surface area contributed by atoms with Crippen molar-refractivity contribution in [3.05, 3.63) is 18.1 Å². The first-order valence-corrected chi connectivity index (χ1v) is 4.65. The molecule has 14 heavy (non-hydrogen) atoms. The van der Waals surface area contributed by atoms with Crippen molar-refractivity contribution >= 4 is 5.82 Å². The zero-order valence-corrected chi connectivity index (χ0v) is 8.83. The van der Waals surface area contributed by atoms with Crippen LogP contribution in [0.3, 0.4) is 0 Å². The number of hydrogen-bond acceptors (Lipinski definition) is 3. The number of nitrogens with one attached hydrogen (secondary N) is 1. The molecule has 1 unspecified atom stereocenters. The monoisotopic (exact) mass is 189 g/mol. The number of nitrogens with zero attached hydrogens (tertiary/aromatic N) is 2. The van der Waals surface area contributed by atoms with Gasteiger partial charge in [0.2, 0.25) is 0 Å². The molecule has 0 radical (unpaired) electrons. The molecule has 3 nitrogen and oxygen atoms in total. The molecule has 0 aliphatic carbocycles. The summed E-state index contributed by atoms with van der Waals surface area (Å²) in [6.07, 6.45) is 8.02. The zero-order chi connectivity index (χ0) is 10.6. The van der Waals surface area contributed by atoms with Gasteiger partial charge in [-0.05, 0) is 26.3 Å². The molecule has 1 aromatic heterocycles. The first-order valence-electron chi connectivity index (χ1n) is 4.65. The number of aromatic nitrogens is 2. The van der Waals surface area contributed by atoms with Gasteiger partial charge in [-0.3, -0.25) is 0 Å². The van der Waals surface area contributed by atoms with Crippen LogP contribution in [-0.4, -0.2) is 15.5 Å². The van der Waals surface area contributed by atoms with Gasteiger partial charge in [-0.1, -0.05) is 12.8 Å². The van der Waals surface area contributed by atoms with Gasteiger partial charge in [0.05, 0.1) is 5.54 Å². The van der Waals surface area contributed by atoms with Crippen LogP contribution in [0.5, 0.6) is 0 Å². The predicted molar refractivity (Wildman–Crippen MR) is 57.9 cm³/mol. The van der Waals surface area contributed by atoms with Gasteiger partial charge in [0.25, 0.3) is 0 Å². The molecule has 1 N–H and O–H groups in total. The first-order chi connectivity index (χ1) is 6.59. The lowest BCUT2D eigenvalue weighted by Gasteiger charge is -2.23. The molecule has 0 saturated carbocycles. The van der Waals surface area contributed by atoms with E-state index in [-0.39, 0.29) is 5.54 Å². The molecular formula is C11H15N3. The lowest BCUT2D eigenvalue weighted by molar-refractivity contribution is 0.631. The van der Waals surface area contributed by atoms with Crippen LogP contribution in [-0.2, 0) is 0 Å². The molecule has 0 aliphatic heterocycles. The molecule has 0 aromatic carbocycles. The van der Waals surface area contributed by atoms with Gasteiger partial charge in [0, 0.05) is 6.20 Å². The van der Waals surface area contributed by atoms with Crippen molar-refractivity contribution in [2.75, 3.05) is 5.32 Å². The molecule has 0 aliphatic rings. The number of anilines is 1. The van der Waals surface area contributed by atoms with Gasteiger partial charge in [0.15, 0.2) is 0 Å². The van der Waals surface area contributed by atoms with Gasteiger partial charge >= 0.3 is 0 Å². The van der Waals surface area contributed by atoms with E-state index in [1.807, 2.05) is 26.8 Å². The average molecular weight is 189 g/mol. The Hall–Kier alpha value is -1.56. The highest BCUT2D eigenvalue weighted by molar-refractivity contribution is 5.40. The fraction of sp³-hybridized carbons (Fsp3) is 0.455. The lowest BCUT2D eigenvalue weighted by atomic mass is 10.0. The molecule has 74 valence electrons. The minimum absolute atomic E-state index is 0.333. The summed E-state index contributed by atoms with van der Waals surface area (Å²) in [5, 5.41) is 3.21. The van der Waals surface area contributed by atoms with Gasteiger partial charge in [-0.25, -0.2) is 9.97 Å². The summed E-state index contributed by atoms with van der Waals surface area (Å²) in [4.78, 5) is 8.26. The fourth-order valence-corrected chi connectivity index (χ4v) is 1.04. The summed E-state index contributed by atoms with van der Waals surface area (Å²) in [5.41, 5.74) is -0.333. The third-order valence-electron chi connectivity index (χ3n) is 2.21. The Morgan fingerprint density at radius 2 is 2.36 bits per heavy atom. The third kappa shape index (κ3) is 2.46. The second-order valence-electron chi connectivity index (χ2n) is 3.44. The van der Waals surface area contributed by atoms with Crippen LogP contribution in [0.25, 0.3) is 0 Å². The molecule has 1 rings (SSSR count). The minimum Gasteiger partial charge on any atom is -0.354 e. The molecule has 0 saturated heterocycles. The fourth-order valence-electron chi connectivity index (χ4n) is 1.04. The van der Waals surface area contributed by atoms with E-state index in [0.29, 0.717) is 0 Å². The van der Waals surface area contributed by atoms with Crippen LogP contribution in [0.1, 0.15) is 26.1 Å². The third-order valence-corrected chi connectivity index (χ3v) is 2.21. The normalized spacial score (nSPS) is 14.1. The smallest absolute Gasteiger partial charge is 0.130 e. The minimum atomic E-state index is -0.333. The van der Waals surface area contributed by atoms with Gasteiger partial charge in [0.1, 0.15) is 11.6 Å². The molecule has 1 aromatic rings. The largest absolute Gasteiger partial charge is 0.354 e. The maximum Gasteiger partial charge on any atom is 0.130 e. The van der Waals surface area contributed by atoms with Crippen LogP contribution in [0.2, 0.25) is 0 Å². The van der Waals surface area contributed by atoms with Crippen molar-refractivity contribution in [3.63, 3.8) is 0 Å². The number of aryl methyl sites for hydroxylation is 1. The van der Waals surface area contributed by atoms with E-state index in [0.717, 1.165) is 18.1 Å². The molecule has 0 spiro atoms. The van der Waals surface area contributed by atoms with Crippen LogP contribution in [0.4, 0.5) is 5.82 Å². The van der Waals surface area contributed by atoms with Crippen LogP contribution >= 0.6 is 0 Å². The van der Waals surface area contributed by atoms with E-state index < -0.39 is 0 Å². The van der Waals surface area contributed by atoms with E-state index in [9.17, 15) is 0 Å². The summed E-state index contributed by atoms with van der Waals surface area (Å²) < 4.78 is 0. The molecule has 0 bridgehead atoms. The Morgan fingerprint density at radius 3 is 2.86 bits per heavy atom. The van der Waals surface area contributed by atoms with Crippen molar-refractivity contribution < 1.29 is 0 Å². The summed E-state index contributed by atoms with van der Waals surface area (Å²) in [6.45, 7) is 5.87. The Kier molecular flexibility index (Phi) is 3.08. The predicted octanol–water partition coefficient (Wildman–Crippen LogP) is 2.00. The van der Waals surface area contributed by atoms with Crippen molar-refractivity contribution in [2.45, 2.75) is 32.7 Å². The van der Waals surface area contributed by atoms with E-state index in [4.69, 9.17) is 6.42 Å². The molecule has 0 amide bonds. The Morgan fingerprint density at radius 1 is 1.64 bits per heavy atom. The highest BCUT2D eigenvalue weighted by Crippen LogP contribution is 2.15. The molecule has 3 heteroatoms. The second-order valence-corrected chi connectivity index (χ2v) is 3.44. The average Bonchev–Trinajstić information content (AvgIpc) is 2.18. The molecule has 1 atom stereocenters. The number of hydrogen-bond donors (Lipinski definition) is 1. The first kappa shape index (κ1) is 10.5. The van der Waals surface area contributed by atoms with Gasteiger partial charge in [-0.15, -0.1) is 6.42 Å². The van der Waals surface area contributed by atoms with Crippen molar-refractivity contribution in [2.24, 2.45) is 0 Å². The van der Waals surface area contributed by atoms with E-state index in [1.54, 1.807) is 6.20 Å². The lowest BCUT2D eigenvalue weighted by Crippen LogP contribution is -2.32. The summed E-state index contributed by atoms with van der Waals surface area (Å²) >= 11 is 0. The molecule has 1 heterocycles. The zero-order valence-electron chi connectivity index (χ0n) is 8.83. The maximum absolute atomic E-state index is 5.45. The Labute approximate surface area is 85.0 Å². The number of terminal acetylenes is 1. The quantitative estimate of drug-likeness (QED) is 0.739. The molecule has 0 fully saturated rings. The van der Waals surface area contributed by atoms with E-state index in [1.165, 1.54) is 0 Å². The highest BCUT2D eigenvalue weighted by Gasteiger charge is 2.18. The van der Waals surface area contributed by atoms with Crippen molar-refractivity contribution in [1.29, 1.82) is 0 Å². The standard InChI is InChI=1S/C11H15N3/c1-5-11(4,6-2)14-10-7-8-12-9(3)13-10/h1,7-8H,6H2,2-4H3,(H,12,13,14). The van der Waals surface area contributed by atoms with Gasteiger partial charge in [-0.2, -0.15) is 0 Å². The topological polar surface area (TPSA) is 37.8 Å². The van der Waals surface area contributed by atoms with Crippen LogP contribution < -0.4 is 5.32 Å². The highest BCUT2D eigenvalue weighted by atomic mass is 15.1. The van der Waals surface area contributed by atoms with Gasteiger partial charge < -0.3 is 5.32 Å². The molecular weight excluding hydrogens is 174 g/mol. The van der Waals surface area contributed by atoms with Crippen molar-refractivity contribution in [3.8, 4) is 12.3 Å². The van der Waals surface area contributed by atoms with E-state index >= 15 is 0 Å². The summed E-state index contributed by atoms with van der Waals surface area (Å²) in [5.74, 6) is 4.24. The van der Waals surface area contributed by atoms with E-state index in [2.05, 4.69) is 21.2 Å². The Bertz CT molecular complexity index is 354. The summed E-state index contributed by atoms with van der Waals surface area (Å²) in [7, 11) is 0. The second kappa shape index (κ2) is 4.10. The Balaban J connectivity index is 2.84. The SMILES string of the molecule is C#CC(C)(CC)Nc1ccnc(C)n1. The number of rotatable bonds is 3. The van der Waals surface area contributed by atoms with Crippen LogP contribution in [0.15, 0.2) is 12.3 Å². The summed E-state index contributed by atoms with van der Waals surface area (Å²) in [6, 6.07) is 1.82.